The molecule has 1 saturated heterocycles. The predicted octanol–water partition coefficient (Wildman–Crippen LogP) is 4.49. The summed E-state index contributed by atoms with van der Waals surface area (Å²) in [5, 5.41) is 3.90. The molecule has 1 aliphatic rings. The smallest absolute Gasteiger partial charge is 0.227 e. The number of likely N-dealkylation sites (tertiary alicyclic amines) is 1. The molecule has 2 aromatic carbocycles. The Kier molecular flexibility index (Phi) is 5.88. The van der Waals surface area contributed by atoms with Crippen molar-refractivity contribution in [2.24, 2.45) is 0 Å². The molecular weight excluding hydrogens is 388 g/mol. The van der Waals surface area contributed by atoms with Gasteiger partial charge in [0.05, 0.1) is 0 Å². The third kappa shape index (κ3) is 4.56. The Morgan fingerprint density at radius 2 is 2.00 bits per heavy atom. The number of carbonyl (C=O) groups is 1. The van der Waals surface area contributed by atoms with Crippen molar-refractivity contribution in [2.45, 2.75) is 45.1 Å². The average Bonchev–Trinajstić information content (AvgIpc) is 3.40. The highest BCUT2D eigenvalue weighted by molar-refractivity contribution is 5.77. The van der Waals surface area contributed by atoms with Gasteiger partial charge in [-0.05, 0) is 55.5 Å². The second-order valence-corrected chi connectivity index (χ2v) is 7.69. The van der Waals surface area contributed by atoms with Gasteiger partial charge in [0.1, 0.15) is 11.6 Å². The van der Waals surface area contributed by atoms with Crippen molar-refractivity contribution >= 4 is 5.91 Å². The van der Waals surface area contributed by atoms with Crippen molar-refractivity contribution in [1.82, 2.24) is 15.0 Å². The molecule has 7 heteroatoms. The second-order valence-electron chi connectivity index (χ2n) is 7.69. The highest BCUT2D eigenvalue weighted by Gasteiger charge is 2.28. The summed E-state index contributed by atoms with van der Waals surface area (Å²) >= 11 is 0. The summed E-state index contributed by atoms with van der Waals surface area (Å²) in [5.74, 6) is 0.127. The number of hydrogen-bond acceptors (Lipinski definition) is 4. The van der Waals surface area contributed by atoms with Gasteiger partial charge in [0.25, 0.3) is 0 Å². The monoisotopic (exact) mass is 411 g/mol. The van der Waals surface area contributed by atoms with E-state index in [2.05, 4.69) is 10.1 Å². The van der Waals surface area contributed by atoms with Crippen LogP contribution in [-0.4, -0.2) is 33.5 Å². The van der Waals surface area contributed by atoms with Gasteiger partial charge in [-0.15, -0.1) is 0 Å². The molecule has 3 aromatic rings. The molecular formula is C23H23F2N3O2. The molecule has 0 radical (unpaired) electrons. The minimum absolute atomic E-state index is 0.0424. The van der Waals surface area contributed by atoms with Crippen LogP contribution < -0.4 is 0 Å². The third-order valence-electron chi connectivity index (χ3n) is 5.53. The van der Waals surface area contributed by atoms with Gasteiger partial charge in [-0.25, -0.2) is 8.78 Å². The zero-order chi connectivity index (χ0) is 21.1. The van der Waals surface area contributed by atoms with E-state index >= 15 is 0 Å². The van der Waals surface area contributed by atoms with Gasteiger partial charge in [-0.1, -0.05) is 29.4 Å². The van der Waals surface area contributed by atoms with E-state index in [0.717, 1.165) is 31.4 Å². The normalized spacial score (nSPS) is 16.2. The summed E-state index contributed by atoms with van der Waals surface area (Å²) in [4.78, 5) is 19.0. The van der Waals surface area contributed by atoms with E-state index in [0.29, 0.717) is 29.3 Å². The molecule has 0 spiro atoms. The number of amides is 1. The largest absolute Gasteiger partial charge is 0.339 e. The lowest BCUT2D eigenvalue weighted by atomic mass is 10.0. The van der Waals surface area contributed by atoms with Gasteiger partial charge < -0.3 is 9.42 Å². The van der Waals surface area contributed by atoms with E-state index in [1.54, 1.807) is 31.2 Å². The number of carbonyl (C=O) groups excluding carboxylic acids is 1. The number of rotatable bonds is 6. The van der Waals surface area contributed by atoms with Crippen molar-refractivity contribution in [1.29, 1.82) is 0 Å². The fourth-order valence-corrected chi connectivity index (χ4v) is 3.83. The lowest BCUT2D eigenvalue weighted by Crippen LogP contribution is -2.36. The number of aryl methyl sites for hydroxylation is 2. The number of aromatic nitrogens is 2. The lowest BCUT2D eigenvalue weighted by molar-refractivity contribution is -0.132. The van der Waals surface area contributed by atoms with E-state index in [-0.39, 0.29) is 30.0 Å². The van der Waals surface area contributed by atoms with Crippen LogP contribution in [0.5, 0.6) is 0 Å². The van der Waals surface area contributed by atoms with Crippen LogP contribution in [0.25, 0.3) is 11.4 Å². The van der Waals surface area contributed by atoms with Gasteiger partial charge in [-0.2, -0.15) is 4.98 Å². The Morgan fingerprint density at radius 3 is 2.77 bits per heavy atom. The standard InChI is InChI=1S/C23H23F2N3O2/c1-15-4-7-17(14-20(15)25)23-26-21(30-27-23)10-11-22(29)28-12-2-3-19(28)13-16-5-8-18(24)9-6-16/h4-9,14,19H,2-3,10-13H2,1H3. The van der Waals surface area contributed by atoms with Crippen LogP contribution in [0.1, 0.15) is 36.3 Å². The summed E-state index contributed by atoms with van der Waals surface area (Å²) in [6, 6.07) is 11.3. The second kappa shape index (κ2) is 8.73. The summed E-state index contributed by atoms with van der Waals surface area (Å²) in [7, 11) is 0. The van der Waals surface area contributed by atoms with Crippen LogP contribution in [0.4, 0.5) is 8.78 Å². The Balaban J connectivity index is 1.35. The SMILES string of the molecule is Cc1ccc(-c2noc(CCC(=O)N3CCCC3Cc3ccc(F)cc3)n2)cc1F. The number of nitrogens with zero attached hydrogens (tertiary/aromatic N) is 3. The maximum Gasteiger partial charge on any atom is 0.227 e. The molecule has 156 valence electrons. The van der Waals surface area contributed by atoms with Crippen molar-refractivity contribution in [2.75, 3.05) is 6.54 Å². The van der Waals surface area contributed by atoms with Crippen LogP contribution in [0.3, 0.4) is 0 Å². The highest BCUT2D eigenvalue weighted by atomic mass is 19.1. The van der Waals surface area contributed by atoms with E-state index in [9.17, 15) is 13.6 Å². The Labute approximate surface area is 173 Å². The third-order valence-corrected chi connectivity index (χ3v) is 5.53. The molecule has 0 saturated carbocycles. The molecule has 1 atom stereocenters. The number of benzene rings is 2. The fourth-order valence-electron chi connectivity index (χ4n) is 3.83. The van der Waals surface area contributed by atoms with Gasteiger partial charge in [0, 0.05) is 31.0 Å². The fraction of sp³-hybridized carbons (Fsp3) is 0.348. The average molecular weight is 411 g/mol. The molecule has 30 heavy (non-hydrogen) atoms. The van der Waals surface area contributed by atoms with Crippen LogP contribution in [0.2, 0.25) is 0 Å². The predicted molar refractivity (Wildman–Crippen MR) is 108 cm³/mol. The molecule has 1 aromatic heterocycles. The quantitative estimate of drug-likeness (QED) is 0.600. The van der Waals surface area contributed by atoms with Gasteiger partial charge >= 0.3 is 0 Å². The summed E-state index contributed by atoms with van der Waals surface area (Å²) < 4.78 is 32.1. The minimum Gasteiger partial charge on any atom is -0.339 e. The van der Waals surface area contributed by atoms with Gasteiger partial charge in [0.2, 0.25) is 17.6 Å². The van der Waals surface area contributed by atoms with E-state index in [1.165, 1.54) is 18.2 Å². The van der Waals surface area contributed by atoms with Crippen molar-refractivity contribution < 1.29 is 18.1 Å². The lowest BCUT2D eigenvalue weighted by Gasteiger charge is -2.24. The van der Waals surface area contributed by atoms with Crippen LogP contribution >= 0.6 is 0 Å². The molecule has 5 nitrogen and oxygen atoms in total. The van der Waals surface area contributed by atoms with Gasteiger partial charge in [0.15, 0.2) is 0 Å². The molecule has 0 aliphatic carbocycles. The van der Waals surface area contributed by atoms with Crippen molar-refractivity contribution in [3.8, 4) is 11.4 Å². The highest BCUT2D eigenvalue weighted by Crippen LogP contribution is 2.23. The number of hydrogen-bond donors (Lipinski definition) is 0. The van der Waals surface area contributed by atoms with E-state index in [1.807, 2.05) is 4.90 Å². The molecule has 0 bridgehead atoms. The first-order valence-electron chi connectivity index (χ1n) is 10.1. The molecule has 1 amide bonds. The van der Waals surface area contributed by atoms with Crippen molar-refractivity contribution in [3.63, 3.8) is 0 Å². The first-order chi connectivity index (χ1) is 14.5. The molecule has 2 heterocycles. The van der Waals surface area contributed by atoms with E-state index < -0.39 is 0 Å². The zero-order valence-corrected chi connectivity index (χ0v) is 16.8. The Morgan fingerprint density at radius 1 is 1.20 bits per heavy atom. The summed E-state index contributed by atoms with van der Waals surface area (Å²) in [5.41, 5.74) is 2.11. The molecule has 0 N–H and O–H groups in total. The maximum absolute atomic E-state index is 13.8. The Bertz CT molecular complexity index is 1030. The van der Waals surface area contributed by atoms with Crippen LogP contribution in [-0.2, 0) is 17.6 Å². The zero-order valence-electron chi connectivity index (χ0n) is 16.8. The molecule has 1 unspecified atom stereocenters. The first kappa shape index (κ1) is 20.2. The van der Waals surface area contributed by atoms with Crippen LogP contribution in [0, 0.1) is 18.6 Å². The van der Waals surface area contributed by atoms with E-state index in [4.69, 9.17) is 4.52 Å². The minimum atomic E-state index is -0.324. The topological polar surface area (TPSA) is 59.2 Å². The maximum atomic E-state index is 13.8. The molecule has 4 rings (SSSR count). The molecule has 1 fully saturated rings. The summed E-state index contributed by atoms with van der Waals surface area (Å²) in [6.45, 7) is 2.41. The summed E-state index contributed by atoms with van der Waals surface area (Å²) in [6.07, 6.45) is 3.22. The Hall–Kier alpha value is -3.09. The van der Waals surface area contributed by atoms with Gasteiger partial charge in [-0.3, -0.25) is 4.79 Å². The first-order valence-corrected chi connectivity index (χ1v) is 10.1. The van der Waals surface area contributed by atoms with Crippen LogP contribution in [0.15, 0.2) is 47.0 Å². The molecule has 1 aliphatic heterocycles. The number of halogens is 2. The van der Waals surface area contributed by atoms with Crippen molar-refractivity contribution in [3.05, 3.63) is 71.1 Å².